The molecule has 2 rings (SSSR count). The van der Waals surface area contributed by atoms with E-state index in [0.717, 1.165) is 25.0 Å². The molecular formula is C13H18ClNO. The topological polar surface area (TPSA) is 22.1 Å². The second kappa shape index (κ2) is 4.62. The molecule has 0 saturated heterocycles. The lowest BCUT2D eigenvalue weighted by atomic mass is 9.62. The summed E-state index contributed by atoms with van der Waals surface area (Å²) in [6.45, 7) is 4.38. The number of hydrogen-bond donors (Lipinski definition) is 0. The third-order valence-corrected chi connectivity index (χ3v) is 4.53. The van der Waals surface area contributed by atoms with Crippen LogP contribution in [0, 0.1) is 5.41 Å². The molecule has 0 bridgehead atoms. The van der Waals surface area contributed by atoms with Gasteiger partial charge in [-0.3, -0.25) is 4.98 Å². The van der Waals surface area contributed by atoms with Crippen molar-refractivity contribution in [1.29, 1.82) is 0 Å². The van der Waals surface area contributed by atoms with Gasteiger partial charge in [0.15, 0.2) is 0 Å². The molecule has 0 N–H and O–H groups in total. The number of alkyl halides is 1. The van der Waals surface area contributed by atoms with E-state index in [1.807, 2.05) is 12.1 Å². The van der Waals surface area contributed by atoms with Gasteiger partial charge >= 0.3 is 0 Å². The monoisotopic (exact) mass is 239 g/mol. The van der Waals surface area contributed by atoms with Crippen LogP contribution in [-0.4, -0.2) is 16.5 Å². The van der Waals surface area contributed by atoms with Crippen LogP contribution in [0.25, 0.3) is 0 Å². The van der Waals surface area contributed by atoms with Gasteiger partial charge in [-0.15, -0.1) is 11.6 Å². The van der Waals surface area contributed by atoms with Crippen molar-refractivity contribution in [3.63, 3.8) is 0 Å². The van der Waals surface area contributed by atoms with E-state index >= 15 is 0 Å². The number of pyridine rings is 1. The molecule has 0 aliphatic heterocycles. The molecule has 0 amide bonds. The van der Waals surface area contributed by atoms with Crippen LogP contribution in [0.15, 0.2) is 24.5 Å². The third kappa shape index (κ3) is 1.80. The van der Waals surface area contributed by atoms with Crippen molar-refractivity contribution in [2.24, 2.45) is 5.41 Å². The zero-order valence-corrected chi connectivity index (χ0v) is 10.6. The highest BCUT2D eigenvalue weighted by Crippen LogP contribution is 2.51. The summed E-state index contributed by atoms with van der Waals surface area (Å²) in [4.78, 5) is 4.06. The van der Waals surface area contributed by atoms with Gasteiger partial charge in [0.05, 0.1) is 6.20 Å². The van der Waals surface area contributed by atoms with Crippen LogP contribution in [0.2, 0.25) is 0 Å². The number of nitrogens with zero attached hydrogens (tertiary/aromatic N) is 1. The van der Waals surface area contributed by atoms with Gasteiger partial charge in [-0.25, -0.2) is 0 Å². The maximum atomic E-state index is 6.34. The standard InChI is InChI=1S/C13H18ClNO/c1-3-13(4-2)11(14)8-12(13)16-10-6-5-7-15-9-10/h5-7,9,11-12H,3-4,8H2,1-2H3. The molecule has 1 fully saturated rings. The van der Waals surface area contributed by atoms with Crippen molar-refractivity contribution in [3.05, 3.63) is 24.5 Å². The third-order valence-electron chi connectivity index (χ3n) is 3.92. The average molecular weight is 240 g/mol. The molecule has 2 atom stereocenters. The number of hydrogen-bond acceptors (Lipinski definition) is 2. The fourth-order valence-electron chi connectivity index (χ4n) is 2.59. The largest absolute Gasteiger partial charge is 0.488 e. The Morgan fingerprint density at radius 3 is 2.75 bits per heavy atom. The van der Waals surface area contributed by atoms with Crippen molar-refractivity contribution < 1.29 is 4.74 Å². The summed E-state index contributed by atoms with van der Waals surface area (Å²) in [5, 5.41) is 0.254. The Morgan fingerprint density at radius 1 is 1.50 bits per heavy atom. The van der Waals surface area contributed by atoms with E-state index in [4.69, 9.17) is 16.3 Å². The van der Waals surface area contributed by atoms with Crippen LogP contribution in [0.5, 0.6) is 5.75 Å². The Kier molecular flexibility index (Phi) is 3.38. The lowest BCUT2D eigenvalue weighted by Gasteiger charge is -2.52. The van der Waals surface area contributed by atoms with Crippen molar-refractivity contribution in [2.45, 2.75) is 44.6 Å². The summed E-state index contributed by atoms with van der Waals surface area (Å²) in [6, 6.07) is 3.84. The van der Waals surface area contributed by atoms with Crippen molar-refractivity contribution in [3.8, 4) is 5.75 Å². The molecule has 0 aromatic carbocycles. The highest BCUT2D eigenvalue weighted by molar-refractivity contribution is 6.21. The summed E-state index contributed by atoms with van der Waals surface area (Å²) in [7, 11) is 0. The van der Waals surface area contributed by atoms with Crippen molar-refractivity contribution in [1.82, 2.24) is 4.98 Å². The normalized spacial score (nSPS) is 27.2. The second-order valence-corrected chi connectivity index (χ2v) is 4.97. The molecule has 1 heterocycles. The SMILES string of the molecule is CCC1(CC)C(Cl)CC1Oc1cccnc1. The Balaban J connectivity index is 2.07. The van der Waals surface area contributed by atoms with E-state index in [1.54, 1.807) is 12.4 Å². The predicted octanol–water partition coefficient (Wildman–Crippen LogP) is 3.65. The first-order chi connectivity index (χ1) is 7.73. The Morgan fingerprint density at radius 2 is 2.25 bits per heavy atom. The second-order valence-electron chi connectivity index (χ2n) is 4.44. The minimum Gasteiger partial charge on any atom is -0.488 e. The maximum absolute atomic E-state index is 6.34. The smallest absolute Gasteiger partial charge is 0.138 e. The number of rotatable bonds is 4. The summed E-state index contributed by atoms with van der Waals surface area (Å²) in [5.41, 5.74) is 0.150. The Labute approximate surface area is 102 Å². The molecule has 0 radical (unpaired) electrons. The number of halogens is 1. The highest BCUT2D eigenvalue weighted by atomic mass is 35.5. The van der Waals surface area contributed by atoms with E-state index in [0.29, 0.717) is 0 Å². The summed E-state index contributed by atoms with van der Waals surface area (Å²) >= 11 is 6.34. The molecule has 1 aliphatic rings. The van der Waals surface area contributed by atoms with E-state index in [2.05, 4.69) is 18.8 Å². The molecule has 1 aromatic rings. The molecule has 1 aliphatic carbocycles. The first-order valence-electron chi connectivity index (χ1n) is 5.93. The molecule has 0 spiro atoms. The minimum absolute atomic E-state index is 0.150. The molecule has 3 heteroatoms. The molecular weight excluding hydrogens is 222 g/mol. The van der Waals surface area contributed by atoms with Gasteiger partial charge in [-0.2, -0.15) is 0 Å². The van der Waals surface area contributed by atoms with Crippen LogP contribution >= 0.6 is 11.6 Å². The summed E-state index contributed by atoms with van der Waals surface area (Å²) in [5.74, 6) is 0.849. The van der Waals surface area contributed by atoms with E-state index < -0.39 is 0 Å². The zero-order valence-electron chi connectivity index (χ0n) is 9.82. The quantitative estimate of drug-likeness (QED) is 0.749. The van der Waals surface area contributed by atoms with Crippen molar-refractivity contribution >= 4 is 11.6 Å². The van der Waals surface area contributed by atoms with Crippen LogP contribution in [0.1, 0.15) is 33.1 Å². The number of ether oxygens (including phenoxy) is 1. The van der Waals surface area contributed by atoms with Gasteiger partial charge in [0.25, 0.3) is 0 Å². The Hall–Kier alpha value is -0.760. The number of aromatic nitrogens is 1. The van der Waals surface area contributed by atoms with E-state index in [-0.39, 0.29) is 16.9 Å². The van der Waals surface area contributed by atoms with Crippen LogP contribution < -0.4 is 4.74 Å². The van der Waals surface area contributed by atoms with Gasteiger partial charge in [0.1, 0.15) is 11.9 Å². The van der Waals surface area contributed by atoms with Gasteiger partial charge < -0.3 is 4.74 Å². The molecule has 2 unspecified atom stereocenters. The minimum atomic E-state index is 0.150. The Bertz CT molecular complexity index is 337. The molecule has 1 saturated carbocycles. The van der Waals surface area contributed by atoms with E-state index in [9.17, 15) is 0 Å². The van der Waals surface area contributed by atoms with E-state index in [1.165, 1.54) is 0 Å². The molecule has 88 valence electrons. The molecule has 1 aromatic heterocycles. The lowest BCUT2D eigenvalue weighted by molar-refractivity contribution is -0.0463. The molecule has 16 heavy (non-hydrogen) atoms. The van der Waals surface area contributed by atoms with Gasteiger partial charge in [0, 0.05) is 23.4 Å². The van der Waals surface area contributed by atoms with Crippen LogP contribution in [0.4, 0.5) is 0 Å². The van der Waals surface area contributed by atoms with Crippen molar-refractivity contribution in [2.75, 3.05) is 0 Å². The van der Waals surface area contributed by atoms with Crippen LogP contribution in [0.3, 0.4) is 0 Å². The lowest BCUT2D eigenvalue weighted by Crippen LogP contribution is -2.56. The zero-order chi connectivity index (χ0) is 11.6. The fraction of sp³-hybridized carbons (Fsp3) is 0.615. The van der Waals surface area contributed by atoms with Crippen LogP contribution in [-0.2, 0) is 0 Å². The first kappa shape index (κ1) is 11.7. The highest BCUT2D eigenvalue weighted by Gasteiger charge is 2.53. The summed E-state index contributed by atoms with van der Waals surface area (Å²) < 4.78 is 5.97. The average Bonchev–Trinajstić information content (AvgIpc) is 2.32. The maximum Gasteiger partial charge on any atom is 0.138 e. The molecule has 2 nitrogen and oxygen atoms in total. The first-order valence-corrected chi connectivity index (χ1v) is 6.37. The van der Waals surface area contributed by atoms with Gasteiger partial charge in [-0.05, 0) is 25.0 Å². The summed E-state index contributed by atoms with van der Waals surface area (Å²) in [6.07, 6.45) is 6.85. The van der Waals surface area contributed by atoms with Gasteiger partial charge in [0.2, 0.25) is 0 Å². The fourth-order valence-corrected chi connectivity index (χ4v) is 3.20. The predicted molar refractivity (Wildman–Crippen MR) is 65.9 cm³/mol. The van der Waals surface area contributed by atoms with Gasteiger partial charge in [-0.1, -0.05) is 13.8 Å².